The Morgan fingerprint density at radius 3 is 1.75 bits per heavy atom. The number of hydrogen-bond donors (Lipinski definition) is 0. The summed E-state index contributed by atoms with van der Waals surface area (Å²) < 4.78 is 4.81. The molecule has 0 fully saturated rings. The number of nitrogens with zero attached hydrogens (tertiary/aromatic N) is 4. The fourth-order valence-electron chi connectivity index (χ4n) is 9.20. The summed E-state index contributed by atoms with van der Waals surface area (Å²) in [4.78, 5) is 12.1. The zero-order valence-electron chi connectivity index (χ0n) is 29.7. The van der Waals surface area contributed by atoms with Crippen LogP contribution in [0.25, 0.3) is 78.0 Å². The van der Waals surface area contributed by atoms with Crippen molar-refractivity contribution in [3.63, 3.8) is 0 Å². The molecule has 2 atom stereocenters. The quantitative estimate of drug-likeness (QED) is 0.182. The molecule has 55 heavy (non-hydrogen) atoms. The van der Waals surface area contributed by atoms with Gasteiger partial charge in [0.25, 0.3) is 0 Å². The maximum atomic E-state index is 5.40. The summed E-state index contributed by atoms with van der Waals surface area (Å²) in [5, 5.41) is 3.90. The Labute approximate surface area is 322 Å². The first kappa shape index (κ1) is 30.7. The predicted octanol–water partition coefficient (Wildman–Crippen LogP) is 12.8. The molecule has 2 aliphatic rings. The second-order valence-electron chi connectivity index (χ2n) is 14.5. The van der Waals surface area contributed by atoms with E-state index in [2.05, 4.69) is 191 Å². The Morgan fingerprint density at radius 2 is 1.04 bits per heavy atom. The molecule has 5 heteroatoms. The maximum Gasteiger partial charge on any atom is 0.235 e. The Hall–Kier alpha value is -6.69. The Kier molecular flexibility index (Phi) is 6.65. The maximum absolute atomic E-state index is 5.40. The lowest BCUT2D eigenvalue weighted by Crippen LogP contribution is -2.17. The van der Waals surface area contributed by atoms with Crippen molar-refractivity contribution in [1.29, 1.82) is 0 Å². The normalized spacial score (nSPS) is 15.6. The van der Waals surface area contributed by atoms with E-state index in [0.717, 1.165) is 28.0 Å². The summed E-state index contributed by atoms with van der Waals surface area (Å²) >= 11 is 1.99. The molecular weight excluding hydrogens is 689 g/mol. The molecule has 0 spiro atoms. The monoisotopic (exact) mass is 720 g/mol. The minimum Gasteiger partial charge on any atom is -0.309 e. The van der Waals surface area contributed by atoms with Crippen molar-refractivity contribution >= 4 is 44.5 Å². The minimum atomic E-state index is 0.111. The highest BCUT2D eigenvalue weighted by molar-refractivity contribution is 8.00. The van der Waals surface area contributed by atoms with Crippen LogP contribution in [-0.4, -0.2) is 19.1 Å². The van der Waals surface area contributed by atoms with Gasteiger partial charge in [0.2, 0.25) is 5.95 Å². The molecule has 0 N–H and O–H groups in total. The van der Waals surface area contributed by atoms with Gasteiger partial charge in [0, 0.05) is 55.0 Å². The summed E-state index contributed by atoms with van der Waals surface area (Å²) in [5.74, 6) is 0.847. The van der Waals surface area contributed by atoms with Crippen LogP contribution in [0, 0.1) is 0 Å². The molecule has 258 valence electrons. The van der Waals surface area contributed by atoms with Crippen molar-refractivity contribution in [3.8, 4) is 45.3 Å². The fraction of sp³-hybridized carbons (Fsp3) is 0.0400. The highest BCUT2D eigenvalue weighted by Crippen LogP contribution is 2.64. The van der Waals surface area contributed by atoms with Gasteiger partial charge in [-0.15, -0.1) is 11.8 Å². The topological polar surface area (TPSA) is 35.6 Å². The van der Waals surface area contributed by atoms with Crippen LogP contribution in [-0.2, 0) is 0 Å². The van der Waals surface area contributed by atoms with E-state index in [9.17, 15) is 0 Å². The molecule has 2 unspecified atom stereocenters. The number of aromatic nitrogens is 4. The molecule has 4 heterocycles. The predicted molar refractivity (Wildman–Crippen MR) is 226 cm³/mol. The zero-order chi connectivity index (χ0) is 36.0. The van der Waals surface area contributed by atoms with Crippen LogP contribution in [0.2, 0.25) is 0 Å². The van der Waals surface area contributed by atoms with E-state index in [0.29, 0.717) is 5.95 Å². The Morgan fingerprint density at radius 1 is 0.455 bits per heavy atom. The minimum absolute atomic E-state index is 0.111. The van der Waals surface area contributed by atoms with Gasteiger partial charge in [-0.25, -0.2) is 9.97 Å². The molecule has 0 bridgehead atoms. The van der Waals surface area contributed by atoms with Gasteiger partial charge in [0.15, 0.2) is 0 Å². The molecule has 0 amide bonds. The zero-order valence-corrected chi connectivity index (χ0v) is 30.5. The lowest BCUT2D eigenvalue weighted by atomic mass is 9.77. The van der Waals surface area contributed by atoms with Crippen LogP contribution in [0.5, 0.6) is 0 Å². The number of hydrogen-bond acceptors (Lipinski definition) is 3. The van der Waals surface area contributed by atoms with E-state index in [4.69, 9.17) is 9.97 Å². The highest BCUT2D eigenvalue weighted by atomic mass is 32.2. The third-order valence-corrected chi connectivity index (χ3v) is 12.9. The molecule has 10 aromatic rings. The molecule has 0 saturated heterocycles. The number of rotatable bonds is 4. The van der Waals surface area contributed by atoms with Gasteiger partial charge < -0.3 is 4.57 Å². The van der Waals surface area contributed by atoms with Gasteiger partial charge in [-0.2, -0.15) is 0 Å². The van der Waals surface area contributed by atoms with E-state index in [-0.39, 0.29) is 11.2 Å². The molecular formula is C50H32N4S. The summed E-state index contributed by atoms with van der Waals surface area (Å²) in [6, 6.07) is 65.5. The molecule has 1 aliphatic carbocycles. The van der Waals surface area contributed by atoms with Crippen LogP contribution >= 0.6 is 11.8 Å². The summed E-state index contributed by atoms with van der Waals surface area (Å²) in [6.45, 7) is 0. The van der Waals surface area contributed by atoms with Crippen LogP contribution in [0.1, 0.15) is 28.0 Å². The van der Waals surface area contributed by atoms with Crippen molar-refractivity contribution in [2.45, 2.75) is 16.1 Å². The molecule has 3 aromatic heterocycles. The number of para-hydroxylation sites is 3. The van der Waals surface area contributed by atoms with Gasteiger partial charge in [0.05, 0.1) is 33.2 Å². The van der Waals surface area contributed by atoms with Crippen LogP contribution < -0.4 is 0 Å². The first-order chi connectivity index (χ1) is 27.3. The second-order valence-corrected chi connectivity index (χ2v) is 15.7. The number of thioether (sulfide) groups is 1. The van der Waals surface area contributed by atoms with Gasteiger partial charge in [0.1, 0.15) is 0 Å². The molecule has 0 radical (unpaired) electrons. The second kappa shape index (κ2) is 11.9. The van der Waals surface area contributed by atoms with Gasteiger partial charge >= 0.3 is 0 Å². The molecule has 12 rings (SSSR count). The third-order valence-electron chi connectivity index (χ3n) is 11.5. The van der Waals surface area contributed by atoms with Crippen molar-refractivity contribution in [2.24, 2.45) is 0 Å². The SMILES string of the molecule is c1ccc(-c2cc(-c3ccccc3)nc(-n3c4c(c5ccccc53)-c3ccccc3C3c5cc6c7ccccc7n(-c7ccccc7)c6cc5SC43)n2)cc1. The van der Waals surface area contributed by atoms with Gasteiger partial charge in [-0.3, -0.25) is 4.57 Å². The largest absolute Gasteiger partial charge is 0.309 e. The Bertz CT molecular complexity index is 3070. The van der Waals surface area contributed by atoms with Gasteiger partial charge in [-0.05, 0) is 59.2 Å². The fourth-order valence-corrected chi connectivity index (χ4v) is 10.7. The standard InChI is InChI=1S/C50H32N4S/c1-4-16-31(17-5-1)40-29-41(32-18-6-2-7-19-32)52-50(51-40)54-43-27-15-13-25-37(43)46-35-23-10-11-24-36(35)47-39-28-38-34-22-12-14-26-42(34)53(33-20-8-3-9-21-33)44(38)30-45(39)55-49(47)48(46)54/h1-30,47,49H. The average molecular weight is 721 g/mol. The van der Waals surface area contributed by atoms with Crippen molar-refractivity contribution in [1.82, 2.24) is 19.1 Å². The van der Waals surface area contributed by atoms with Crippen molar-refractivity contribution in [3.05, 3.63) is 199 Å². The number of fused-ring (bicyclic) bond motifs is 13. The van der Waals surface area contributed by atoms with Crippen LogP contribution in [0.3, 0.4) is 0 Å². The molecule has 4 nitrogen and oxygen atoms in total. The summed E-state index contributed by atoms with van der Waals surface area (Å²) in [5.41, 5.74) is 15.3. The third kappa shape index (κ3) is 4.54. The van der Waals surface area contributed by atoms with Crippen LogP contribution in [0.4, 0.5) is 0 Å². The molecule has 1 aliphatic heterocycles. The Balaban J connectivity index is 1.14. The van der Waals surface area contributed by atoms with E-state index < -0.39 is 0 Å². The first-order valence-electron chi connectivity index (χ1n) is 18.8. The van der Waals surface area contributed by atoms with E-state index >= 15 is 0 Å². The number of benzene rings is 7. The average Bonchev–Trinajstić information content (AvgIpc) is 3.91. The van der Waals surface area contributed by atoms with E-state index in [1.807, 2.05) is 11.8 Å². The first-order valence-corrected chi connectivity index (χ1v) is 19.7. The molecule has 0 saturated carbocycles. The lowest BCUT2D eigenvalue weighted by Gasteiger charge is -2.30. The van der Waals surface area contributed by atoms with Crippen LogP contribution in [0.15, 0.2) is 187 Å². The van der Waals surface area contributed by atoms with Gasteiger partial charge in [-0.1, -0.05) is 140 Å². The lowest BCUT2D eigenvalue weighted by molar-refractivity contribution is 0.741. The smallest absolute Gasteiger partial charge is 0.235 e. The van der Waals surface area contributed by atoms with Crippen molar-refractivity contribution < 1.29 is 0 Å². The molecule has 7 aromatic carbocycles. The summed E-state index contributed by atoms with van der Waals surface area (Å²) in [7, 11) is 0. The van der Waals surface area contributed by atoms with E-state index in [1.54, 1.807) is 0 Å². The van der Waals surface area contributed by atoms with Crippen molar-refractivity contribution in [2.75, 3.05) is 0 Å². The van der Waals surface area contributed by atoms with E-state index in [1.165, 1.54) is 65.7 Å². The highest BCUT2D eigenvalue weighted by Gasteiger charge is 2.45. The summed E-state index contributed by atoms with van der Waals surface area (Å²) in [6.07, 6.45) is 0.